The molecule has 0 unspecified atom stereocenters. The minimum absolute atomic E-state index is 0.0655. The first-order chi connectivity index (χ1) is 13.6. The van der Waals surface area contributed by atoms with Gasteiger partial charge in [0.05, 0.1) is 6.04 Å². The van der Waals surface area contributed by atoms with Crippen LogP contribution < -0.4 is 5.56 Å². The normalized spacial score (nSPS) is 21.8. The van der Waals surface area contributed by atoms with Gasteiger partial charge in [-0.2, -0.15) is 0 Å². The van der Waals surface area contributed by atoms with Crippen molar-refractivity contribution in [1.29, 1.82) is 0 Å². The molecule has 1 aliphatic carbocycles. The quantitative estimate of drug-likeness (QED) is 0.827. The summed E-state index contributed by atoms with van der Waals surface area (Å²) >= 11 is 0. The van der Waals surface area contributed by atoms with Crippen LogP contribution in [0.2, 0.25) is 0 Å². The van der Waals surface area contributed by atoms with Crippen molar-refractivity contribution in [1.82, 2.24) is 14.9 Å². The molecule has 28 heavy (non-hydrogen) atoms. The Balaban J connectivity index is 1.57. The fourth-order valence-corrected chi connectivity index (χ4v) is 4.37. The molecule has 1 amide bonds. The number of hydrogen-bond donors (Lipinski definition) is 1. The average molecular weight is 377 g/mol. The van der Waals surface area contributed by atoms with Crippen molar-refractivity contribution in [3.63, 3.8) is 0 Å². The largest absolute Gasteiger partial charge is 0.332 e. The molecule has 1 aromatic heterocycles. The van der Waals surface area contributed by atoms with Gasteiger partial charge in [-0.1, -0.05) is 42.5 Å². The van der Waals surface area contributed by atoms with Gasteiger partial charge in [-0.05, 0) is 44.6 Å². The summed E-state index contributed by atoms with van der Waals surface area (Å²) in [6.45, 7) is 2.64. The van der Waals surface area contributed by atoms with Gasteiger partial charge in [0.1, 0.15) is 5.82 Å². The SMILES string of the molecule is Cc1nc([C@@H]2CCCN2C(=O)[C@H]2CC=CCC2)[nH]c(=O)c1Cc1ccccc1. The topological polar surface area (TPSA) is 66.1 Å². The maximum absolute atomic E-state index is 13.0. The lowest BCUT2D eigenvalue weighted by molar-refractivity contribution is -0.136. The summed E-state index contributed by atoms with van der Waals surface area (Å²) in [5.74, 6) is 0.910. The highest BCUT2D eigenvalue weighted by Crippen LogP contribution is 2.33. The number of allylic oxidation sites excluding steroid dienone is 2. The molecule has 2 atom stereocenters. The lowest BCUT2D eigenvalue weighted by atomic mass is 9.93. The van der Waals surface area contributed by atoms with E-state index in [9.17, 15) is 9.59 Å². The summed E-state index contributed by atoms with van der Waals surface area (Å²) in [5, 5.41) is 0. The number of aryl methyl sites for hydroxylation is 1. The average Bonchev–Trinajstić information content (AvgIpc) is 3.21. The summed E-state index contributed by atoms with van der Waals surface area (Å²) in [4.78, 5) is 35.5. The molecule has 5 heteroatoms. The third-order valence-electron chi connectivity index (χ3n) is 5.93. The zero-order valence-electron chi connectivity index (χ0n) is 16.4. The molecule has 0 saturated carbocycles. The van der Waals surface area contributed by atoms with Crippen molar-refractivity contribution in [2.75, 3.05) is 6.54 Å². The number of likely N-dealkylation sites (tertiary alicyclic amines) is 1. The number of hydrogen-bond acceptors (Lipinski definition) is 3. The van der Waals surface area contributed by atoms with Gasteiger partial charge in [0.15, 0.2) is 0 Å². The fraction of sp³-hybridized carbons (Fsp3) is 0.435. The lowest BCUT2D eigenvalue weighted by Gasteiger charge is -2.29. The smallest absolute Gasteiger partial charge is 0.254 e. The molecule has 1 saturated heterocycles. The van der Waals surface area contributed by atoms with E-state index in [1.54, 1.807) is 0 Å². The van der Waals surface area contributed by atoms with E-state index in [0.29, 0.717) is 17.8 Å². The highest BCUT2D eigenvalue weighted by atomic mass is 16.2. The summed E-state index contributed by atoms with van der Waals surface area (Å²) in [7, 11) is 0. The van der Waals surface area contributed by atoms with E-state index >= 15 is 0 Å². The predicted molar refractivity (Wildman–Crippen MR) is 109 cm³/mol. The van der Waals surface area contributed by atoms with Gasteiger partial charge in [0, 0.05) is 30.1 Å². The molecule has 2 heterocycles. The van der Waals surface area contributed by atoms with Crippen LogP contribution in [0, 0.1) is 12.8 Å². The summed E-state index contributed by atoms with van der Waals surface area (Å²) < 4.78 is 0. The zero-order chi connectivity index (χ0) is 19.5. The molecule has 4 rings (SSSR count). The maximum atomic E-state index is 13.0. The van der Waals surface area contributed by atoms with Crippen LogP contribution in [0.5, 0.6) is 0 Å². The molecule has 5 nitrogen and oxygen atoms in total. The number of benzene rings is 1. The number of aromatic amines is 1. The van der Waals surface area contributed by atoms with Crippen molar-refractivity contribution < 1.29 is 4.79 Å². The summed E-state index contributed by atoms with van der Waals surface area (Å²) in [6, 6.07) is 9.84. The van der Waals surface area contributed by atoms with E-state index in [1.807, 2.05) is 42.2 Å². The molecule has 0 spiro atoms. The van der Waals surface area contributed by atoms with Gasteiger partial charge in [0.2, 0.25) is 5.91 Å². The molecule has 1 N–H and O–H groups in total. The molecule has 1 fully saturated rings. The Kier molecular flexibility index (Phi) is 5.42. The Morgan fingerprint density at radius 1 is 1.21 bits per heavy atom. The number of carbonyl (C=O) groups excluding carboxylic acids is 1. The van der Waals surface area contributed by atoms with Crippen LogP contribution >= 0.6 is 0 Å². The molecular weight excluding hydrogens is 350 g/mol. The van der Waals surface area contributed by atoms with Gasteiger partial charge in [-0.3, -0.25) is 9.59 Å². The maximum Gasteiger partial charge on any atom is 0.254 e. The monoisotopic (exact) mass is 377 g/mol. The molecule has 2 aromatic rings. The molecule has 2 aliphatic rings. The Morgan fingerprint density at radius 3 is 2.75 bits per heavy atom. The van der Waals surface area contributed by atoms with Crippen LogP contribution in [-0.4, -0.2) is 27.3 Å². The van der Waals surface area contributed by atoms with E-state index < -0.39 is 0 Å². The number of amides is 1. The number of carbonyl (C=O) groups is 1. The minimum atomic E-state index is -0.115. The Labute approximate surface area is 165 Å². The van der Waals surface area contributed by atoms with Gasteiger partial charge in [-0.25, -0.2) is 4.98 Å². The second kappa shape index (κ2) is 8.13. The van der Waals surface area contributed by atoms with Crippen LogP contribution in [-0.2, 0) is 11.2 Å². The van der Waals surface area contributed by atoms with Gasteiger partial charge < -0.3 is 9.88 Å². The second-order valence-corrected chi connectivity index (χ2v) is 7.85. The van der Waals surface area contributed by atoms with Crippen molar-refractivity contribution in [3.05, 3.63) is 75.5 Å². The number of rotatable bonds is 4. The van der Waals surface area contributed by atoms with Crippen LogP contribution in [0.4, 0.5) is 0 Å². The molecule has 146 valence electrons. The first kappa shape index (κ1) is 18.7. The number of nitrogens with one attached hydrogen (secondary N) is 1. The fourth-order valence-electron chi connectivity index (χ4n) is 4.37. The molecule has 1 aromatic carbocycles. The highest BCUT2D eigenvalue weighted by Gasteiger charge is 2.35. The number of aromatic nitrogens is 2. The van der Waals surface area contributed by atoms with Gasteiger partial charge in [-0.15, -0.1) is 0 Å². The van der Waals surface area contributed by atoms with Crippen LogP contribution in [0.15, 0.2) is 47.3 Å². The summed E-state index contributed by atoms with van der Waals surface area (Å²) in [5.41, 5.74) is 2.45. The van der Waals surface area contributed by atoms with E-state index in [0.717, 1.165) is 49.9 Å². The molecule has 0 bridgehead atoms. The first-order valence-corrected chi connectivity index (χ1v) is 10.2. The zero-order valence-corrected chi connectivity index (χ0v) is 16.4. The lowest BCUT2D eigenvalue weighted by Crippen LogP contribution is -2.37. The third-order valence-corrected chi connectivity index (χ3v) is 5.93. The second-order valence-electron chi connectivity index (χ2n) is 7.85. The third kappa shape index (κ3) is 3.79. The van der Waals surface area contributed by atoms with Crippen molar-refractivity contribution in [2.45, 2.75) is 51.5 Å². The van der Waals surface area contributed by atoms with Crippen molar-refractivity contribution in [3.8, 4) is 0 Å². The van der Waals surface area contributed by atoms with Gasteiger partial charge >= 0.3 is 0 Å². The molecular formula is C23H27N3O2. The number of H-pyrrole nitrogens is 1. The Bertz CT molecular complexity index is 933. The highest BCUT2D eigenvalue weighted by molar-refractivity contribution is 5.80. The predicted octanol–water partition coefficient (Wildman–Crippen LogP) is 3.69. The van der Waals surface area contributed by atoms with Gasteiger partial charge in [0.25, 0.3) is 5.56 Å². The molecule has 1 aliphatic heterocycles. The van der Waals surface area contributed by atoms with Crippen LogP contribution in [0.1, 0.15) is 60.8 Å². The standard InChI is InChI=1S/C23H27N3O2/c1-16-19(15-17-9-4-2-5-10-17)22(27)25-21(24-16)20-13-8-14-26(20)23(28)18-11-6-3-7-12-18/h2-6,9-10,18,20H,7-8,11-15H2,1H3,(H,24,25,27)/t18-,20-/m0/s1. The number of nitrogens with zero attached hydrogens (tertiary/aromatic N) is 2. The van der Waals surface area contributed by atoms with E-state index in [-0.39, 0.29) is 23.4 Å². The van der Waals surface area contributed by atoms with Crippen LogP contribution in [0.3, 0.4) is 0 Å². The molecule has 0 radical (unpaired) electrons. The van der Waals surface area contributed by atoms with E-state index in [1.165, 1.54) is 0 Å². The van der Waals surface area contributed by atoms with Crippen LogP contribution in [0.25, 0.3) is 0 Å². The Hall–Kier alpha value is -2.69. The van der Waals surface area contributed by atoms with E-state index in [2.05, 4.69) is 17.1 Å². The van der Waals surface area contributed by atoms with Crippen molar-refractivity contribution in [2.24, 2.45) is 5.92 Å². The minimum Gasteiger partial charge on any atom is -0.332 e. The van der Waals surface area contributed by atoms with Crippen molar-refractivity contribution >= 4 is 5.91 Å². The Morgan fingerprint density at radius 2 is 2.04 bits per heavy atom. The summed E-state index contributed by atoms with van der Waals surface area (Å²) in [6.07, 6.45) is 9.34. The van der Waals surface area contributed by atoms with E-state index in [4.69, 9.17) is 4.98 Å². The first-order valence-electron chi connectivity index (χ1n) is 10.2.